The second kappa shape index (κ2) is 54.4. The monoisotopic (exact) mass is 880 g/mol. The number of nitrogens with one attached hydrogen (secondary N) is 1. The Morgan fingerprint density at radius 2 is 0.698 bits per heavy atom. The Morgan fingerprint density at radius 1 is 0.397 bits per heavy atom. The maximum Gasteiger partial charge on any atom is 0.220 e. The van der Waals surface area contributed by atoms with Crippen molar-refractivity contribution in [3.8, 4) is 0 Å². The highest BCUT2D eigenvalue weighted by molar-refractivity contribution is 5.76. The summed E-state index contributed by atoms with van der Waals surface area (Å²) in [7, 11) is 0. The van der Waals surface area contributed by atoms with Crippen LogP contribution in [0.25, 0.3) is 0 Å². The number of carbonyl (C=O) groups is 1. The van der Waals surface area contributed by atoms with E-state index in [1.54, 1.807) is 0 Å². The molecule has 2 atom stereocenters. The molecule has 0 aromatic rings. The van der Waals surface area contributed by atoms with Crippen LogP contribution in [0.5, 0.6) is 0 Å². The zero-order valence-corrected chi connectivity index (χ0v) is 42.3. The lowest BCUT2D eigenvalue weighted by Gasteiger charge is -2.22. The molecule has 63 heavy (non-hydrogen) atoms. The van der Waals surface area contributed by atoms with Crippen LogP contribution in [0.1, 0.15) is 290 Å². The predicted molar refractivity (Wildman–Crippen MR) is 281 cm³/mol. The smallest absolute Gasteiger partial charge is 0.220 e. The van der Waals surface area contributed by atoms with Gasteiger partial charge in [-0.05, 0) is 57.8 Å². The first kappa shape index (κ1) is 61.1. The predicted octanol–water partition coefficient (Wildman–Crippen LogP) is 18.4. The zero-order chi connectivity index (χ0) is 45.6. The molecule has 0 radical (unpaired) electrons. The average Bonchev–Trinajstić information content (AvgIpc) is 3.29. The van der Waals surface area contributed by atoms with Crippen molar-refractivity contribution in [3.05, 3.63) is 60.8 Å². The number of allylic oxidation sites excluding steroid dienone is 10. The summed E-state index contributed by atoms with van der Waals surface area (Å²) in [5.41, 5.74) is 0. The van der Waals surface area contributed by atoms with Crippen LogP contribution in [0, 0.1) is 0 Å². The highest BCUT2D eigenvalue weighted by Crippen LogP contribution is 2.17. The number of carbonyl (C=O) groups excluding carboxylic acids is 1. The summed E-state index contributed by atoms with van der Waals surface area (Å²) in [6.07, 6.45) is 76.3. The molecule has 0 spiro atoms. The van der Waals surface area contributed by atoms with E-state index in [2.05, 4.69) is 79.9 Å². The standard InChI is InChI=1S/C59H109NO3/c1-3-5-7-9-11-13-15-17-19-21-23-25-27-28-29-30-31-32-33-35-37-39-41-43-45-47-49-51-53-55-59(63)60-57(56-61)58(62)54-52-50-48-46-44-42-40-38-36-34-26-24-22-20-18-16-14-12-10-8-6-4-2/h5,7,11,13,17,19,23,25,28-29,57-58,61-62H,3-4,6,8-10,12,14-16,18,20-22,24,26-27,30-56H2,1-2H3,(H,60,63)/b7-5-,13-11-,19-17-,25-23-,29-28-. The van der Waals surface area contributed by atoms with Gasteiger partial charge in [0.05, 0.1) is 18.8 Å². The van der Waals surface area contributed by atoms with Crippen LogP contribution in [-0.4, -0.2) is 34.9 Å². The van der Waals surface area contributed by atoms with Gasteiger partial charge in [-0.1, -0.05) is 286 Å². The van der Waals surface area contributed by atoms with Crippen LogP contribution in [0.4, 0.5) is 0 Å². The van der Waals surface area contributed by atoms with Gasteiger partial charge in [0.2, 0.25) is 5.91 Å². The first-order valence-electron chi connectivity index (χ1n) is 28.0. The normalized spacial score (nSPS) is 13.3. The Morgan fingerprint density at radius 3 is 1.05 bits per heavy atom. The lowest BCUT2D eigenvalue weighted by Crippen LogP contribution is -2.45. The third-order valence-corrected chi connectivity index (χ3v) is 12.8. The largest absolute Gasteiger partial charge is 0.394 e. The van der Waals surface area contributed by atoms with E-state index in [0.717, 1.165) is 57.8 Å². The summed E-state index contributed by atoms with van der Waals surface area (Å²) in [6.45, 7) is 4.27. The third kappa shape index (κ3) is 50.9. The Kier molecular flexibility index (Phi) is 52.8. The molecule has 4 heteroatoms. The van der Waals surface area contributed by atoms with E-state index in [9.17, 15) is 15.0 Å². The van der Waals surface area contributed by atoms with Crippen molar-refractivity contribution in [2.24, 2.45) is 0 Å². The topological polar surface area (TPSA) is 69.6 Å². The molecule has 0 fully saturated rings. The molecule has 0 heterocycles. The van der Waals surface area contributed by atoms with E-state index in [1.165, 1.54) is 205 Å². The molecule has 4 nitrogen and oxygen atoms in total. The molecule has 3 N–H and O–H groups in total. The van der Waals surface area contributed by atoms with Crippen LogP contribution in [0.2, 0.25) is 0 Å². The highest BCUT2D eigenvalue weighted by Gasteiger charge is 2.20. The Bertz CT molecular complexity index is 1040. The molecule has 368 valence electrons. The number of aliphatic hydroxyl groups excluding tert-OH is 2. The minimum Gasteiger partial charge on any atom is -0.394 e. The van der Waals surface area contributed by atoms with E-state index in [4.69, 9.17) is 0 Å². The lowest BCUT2D eigenvalue weighted by atomic mass is 10.0. The van der Waals surface area contributed by atoms with Gasteiger partial charge in [-0.3, -0.25) is 4.79 Å². The van der Waals surface area contributed by atoms with Crippen molar-refractivity contribution >= 4 is 5.91 Å². The van der Waals surface area contributed by atoms with E-state index >= 15 is 0 Å². The molecule has 1 amide bonds. The fraction of sp³-hybridized carbons (Fsp3) is 0.814. The summed E-state index contributed by atoms with van der Waals surface area (Å²) in [5.74, 6) is -0.0312. The molecule has 0 aliphatic rings. The molecule has 2 unspecified atom stereocenters. The van der Waals surface area contributed by atoms with E-state index < -0.39 is 12.1 Å². The summed E-state index contributed by atoms with van der Waals surface area (Å²) >= 11 is 0. The molecular formula is C59H109NO3. The Labute approximate surface area is 394 Å². The third-order valence-electron chi connectivity index (χ3n) is 12.8. The number of unbranched alkanes of at least 4 members (excludes halogenated alkanes) is 34. The van der Waals surface area contributed by atoms with Gasteiger partial charge in [0.15, 0.2) is 0 Å². The first-order chi connectivity index (χ1) is 31.2. The van der Waals surface area contributed by atoms with Crippen molar-refractivity contribution < 1.29 is 15.0 Å². The maximum absolute atomic E-state index is 12.5. The van der Waals surface area contributed by atoms with E-state index in [1.807, 2.05) is 0 Å². The molecule has 0 rings (SSSR count). The van der Waals surface area contributed by atoms with E-state index in [-0.39, 0.29) is 12.5 Å². The van der Waals surface area contributed by atoms with Gasteiger partial charge in [-0.15, -0.1) is 0 Å². The minimum absolute atomic E-state index is 0.0312. The van der Waals surface area contributed by atoms with Crippen molar-refractivity contribution in [1.29, 1.82) is 0 Å². The molecule has 0 aliphatic carbocycles. The Hall–Kier alpha value is -1.91. The summed E-state index contributed by atoms with van der Waals surface area (Å²) in [5, 5.41) is 23.4. The molecule has 0 aliphatic heterocycles. The highest BCUT2D eigenvalue weighted by atomic mass is 16.3. The van der Waals surface area contributed by atoms with Crippen LogP contribution in [-0.2, 0) is 4.79 Å². The van der Waals surface area contributed by atoms with Gasteiger partial charge in [-0.2, -0.15) is 0 Å². The number of hydrogen-bond donors (Lipinski definition) is 3. The molecule has 0 bridgehead atoms. The second-order valence-corrected chi connectivity index (χ2v) is 19.0. The molecule has 0 saturated heterocycles. The minimum atomic E-state index is -0.663. The molecule has 0 aromatic carbocycles. The van der Waals surface area contributed by atoms with Gasteiger partial charge < -0.3 is 15.5 Å². The number of hydrogen-bond acceptors (Lipinski definition) is 3. The van der Waals surface area contributed by atoms with Crippen LogP contribution >= 0.6 is 0 Å². The fourth-order valence-corrected chi connectivity index (χ4v) is 8.57. The lowest BCUT2D eigenvalue weighted by molar-refractivity contribution is -0.123. The van der Waals surface area contributed by atoms with Gasteiger partial charge in [0, 0.05) is 6.42 Å². The van der Waals surface area contributed by atoms with Crippen molar-refractivity contribution in [3.63, 3.8) is 0 Å². The number of rotatable bonds is 51. The SMILES string of the molecule is CC/C=C\C/C=C\C/C=C\C/C=C\C/C=C\CCCCCCCCCCCCCCCC(=O)NC(CO)C(O)CCCCCCCCCCCCCCCCCCCCCCCC. The van der Waals surface area contributed by atoms with Gasteiger partial charge in [0.1, 0.15) is 0 Å². The summed E-state index contributed by atoms with van der Waals surface area (Å²) in [4.78, 5) is 12.5. The maximum atomic E-state index is 12.5. The van der Waals surface area contributed by atoms with Gasteiger partial charge >= 0.3 is 0 Å². The van der Waals surface area contributed by atoms with Crippen LogP contribution < -0.4 is 5.32 Å². The zero-order valence-electron chi connectivity index (χ0n) is 42.3. The average molecular weight is 881 g/mol. The quantitative estimate of drug-likeness (QED) is 0.0421. The number of amides is 1. The number of aliphatic hydroxyl groups is 2. The first-order valence-corrected chi connectivity index (χ1v) is 28.0. The van der Waals surface area contributed by atoms with E-state index in [0.29, 0.717) is 12.8 Å². The summed E-state index contributed by atoms with van der Waals surface area (Å²) in [6, 6.07) is -0.540. The molecule has 0 aromatic heterocycles. The van der Waals surface area contributed by atoms with Crippen molar-refractivity contribution in [1.82, 2.24) is 5.32 Å². The second-order valence-electron chi connectivity index (χ2n) is 19.0. The molecular weight excluding hydrogens is 771 g/mol. The van der Waals surface area contributed by atoms with Crippen LogP contribution in [0.15, 0.2) is 60.8 Å². The fourth-order valence-electron chi connectivity index (χ4n) is 8.57. The Balaban J connectivity index is 3.48. The van der Waals surface area contributed by atoms with Crippen molar-refractivity contribution in [2.45, 2.75) is 302 Å². The van der Waals surface area contributed by atoms with Gasteiger partial charge in [0.25, 0.3) is 0 Å². The van der Waals surface area contributed by atoms with Crippen molar-refractivity contribution in [2.75, 3.05) is 6.61 Å². The molecule has 0 saturated carbocycles. The summed E-state index contributed by atoms with van der Waals surface area (Å²) < 4.78 is 0. The van der Waals surface area contributed by atoms with Gasteiger partial charge in [-0.25, -0.2) is 0 Å². The van der Waals surface area contributed by atoms with Crippen LogP contribution in [0.3, 0.4) is 0 Å².